The van der Waals surface area contributed by atoms with Crippen molar-refractivity contribution in [1.82, 2.24) is 0 Å². The fraction of sp³-hybridized carbons (Fsp3) is 0.270. The molecule has 1 unspecified atom stereocenters. The average Bonchev–Trinajstić information content (AvgIpc) is 3.03. The summed E-state index contributed by atoms with van der Waals surface area (Å²) in [6.07, 6.45) is 3.34. The second kappa shape index (κ2) is 14.5. The Morgan fingerprint density at radius 1 is 0.864 bits per heavy atom. The number of carbonyl (C=O) groups is 3. The summed E-state index contributed by atoms with van der Waals surface area (Å²) in [5, 5.41) is 3.24. The fourth-order valence-electron chi connectivity index (χ4n) is 5.38. The van der Waals surface area contributed by atoms with Gasteiger partial charge in [-0.05, 0) is 61.2 Å². The third-order valence-corrected chi connectivity index (χ3v) is 8.10. The maximum atomic E-state index is 13.2. The molecule has 5 rings (SSSR count). The Morgan fingerprint density at radius 2 is 1.55 bits per heavy atom. The first-order chi connectivity index (χ1) is 21.4. The molecule has 1 saturated carbocycles. The van der Waals surface area contributed by atoms with Gasteiger partial charge in [-0.2, -0.15) is 0 Å². The van der Waals surface area contributed by atoms with E-state index in [1.54, 1.807) is 30.3 Å². The molecule has 7 nitrogen and oxygen atoms in total. The summed E-state index contributed by atoms with van der Waals surface area (Å²) in [5.41, 5.74) is 4.50. The van der Waals surface area contributed by atoms with Gasteiger partial charge in [0, 0.05) is 34.8 Å². The van der Waals surface area contributed by atoms with Crippen molar-refractivity contribution in [3.05, 3.63) is 125 Å². The number of aryl methyl sites for hydroxylation is 1. The molecule has 0 bridgehead atoms. The molecule has 44 heavy (non-hydrogen) atoms. The van der Waals surface area contributed by atoms with Crippen molar-refractivity contribution in [2.75, 3.05) is 30.5 Å². The van der Waals surface area contributed by atoms with E-state index in [1.165, 1.54) is 7.11 Å². The number of ketones is 1. The number of nitrogens with zero attached hydrogens (tertiary/aromatic N) is 1. The van der Waals surface area contributed by atoms with Crippen molar-refractivity contribution >= 4 is 29.0 Å². The van der Waals surface area contributed by atoms with Crippen LogP contribution in [0.4, 0.5) is 11.4 Å². The van der Waals surface area contributed by atoms with Gasteiger partial charge >= 0.3 is 5.97 Å². The van der Waals surface area contributed by atoms with Crippen LogP contribution in [-0.2, 0) is 20.7 Å². The number of amides is 1. The Labute approximate surface area is 258 Å². The number of rotatable bonds is 13. The van der Waals surface area contributed by atoms with Gasteiger partial charge in [-0.1, -0.05) is 79.2 Å². The molecular formula is C37H38N2O5. The van der Waals surface area contributed by atoms with Gasteiger partial charge in [0.25, 0.3) is 0 Å². The minimum atomic E-state index is -0.711. The zero-order chi connectivity index (χ0) is 30.9. The first-order valence-electron chi connectivity index (χ1n) is 15.1. The second-order valence-electron chi connectivity index (χ2n) is 11.1. The number of nitrogens with one attached hydrogen (secondary N) is 1. The zero-order valence-electron chi connectivity index (χ0n) is 25.2. The van der Waals surface area contributed by atoms with E-state index < -0.39 is 12.0 Å². The fourth-order valence-corrected chi connectivity index (χ4v) is 5.38. The van der Waals surface area contributed by atoms with E-state index in [9.17, 15) is 14.4 Å². The molecule has 4 aromatic carbocycles. The monoisotopic (exact) mass is 590 g/mol. The van der Waals surface area contributed by atoms with Gasteiger partial charge in [-0.15, -0.1) is 0 Å². The smallest absolute Gasteiger partial charge is 0.328 e. The Hall–Kier alpha value is -4.91. The van der Waals surface area contributed by atoms with Crippen LogP contribution in [0.5, 0.6) is 5.75 Å². The molecule has 0 spiro atoms. The predicted molar refractivity (Wildman–Crippen MR) is 172 cm³/mol. The van der Waals surface area contributed by atoms with E-state index in [1.807, 2.05) is 84.6 Å². The Balaban J connectivity index is 1.23. The van der Waals surface area contributed by atoms with Crippen LogP contribution in [0.3, 0.4) is 0 Å². The van der Waals surface area contributed by atoms with Crippen molar-refractivity contribution in [3.8, 4) is 5.75 Å². The maximum absolute atomic E-state index is 13.2. The molecule has 0 radical (unpaired) electrons. The quantitative estimate of drug-likeness (QED) is 0.139. The van der Waals surface area contributed by atoms with Crippen molar-refractivity contribution in [1.29, 1.82) is 0 Å². The van der Waals surface area contributed by atoms with E-state index in [2.05, 4.69) is 5.32 Å². The van der Waals surface area contributed by atoms with Crippen molar-refractivity contribution < 1.29 is 23.9 Å². The minimum Gasteiger partial charge on any atom is -0.492 e. The molecule has 7 heteroatoms. The summed E-state index contributed by atoms with van der Waals surface area (Å²) in [6.45, 7) is 2.83. The number of carbonyl (C=O) groups excluding carboxylic acids is 3. The normalized spacial score (nSPS) is 13.3. The van der Waals surface area contributed by atoms with Crippen LogP contribution in [0.1, 0.15) is 46.3 Å². The standard InChI is InChI=1S/C37H38N2O5/c1-26-11-6-9-18-34(26)39(36(41)29-14-10-15-29)23-24-44-30-21-19-27(20-22-30)25-33(37(42)43-2)38-32-17-8-7-16-31(32)35(40)28-12-4-3-5-13-28/h3-9,11-13,16-22,29,33,38H,10,14-15,23-25H2,1-2H3. The topological polar surface area (TPSA) is 84.9 Å². The molecule has 0 saturated heterocycles. The van der Waals surface area contributed by atoms with Gasteiger partial charge in [-0.3, -0.25) is 9.59 Å². The first-order valence-corrected chi connectivity index (χ1v) is 15.1. The maximum Gasteiger partial charge on any atom is 0.328 e. The summed E-state index contributed by atoms with van der Waals surface area (Å²) < 4.78 is 11.1. The highest BCUT2D eigenvalue weighted by atomic mass is 16.5. The minimum absolute atomic E-state index is 0.0914. The molecule has 4 aromatic rings. The molecule has 1 amide bonds. The number of para-hydroxylation sites is 2. The molecule has 0 aliphatic heterocycles. The largest absolute Gasteiger partial charge is 0.492 e. The summed E-state index contributed by atoms with van der Waals surface area (Å²) in [5.74, 6) is 0.372. The Kier molecular flexibility index (Phi) is 10.1. The molecule has 1 aliphatic carbocycles. The third kappa shape index (κ3) is 7.35. The molecular weight excluding hydrogens is 552 g/mol. The number of esters is 1. The van der Waals surface area contributed by atoms with Crippen LogP contribution in [0.15, 0.2) is 103 Å². The number of ether oxygens (including phenoxy) is 2. The van der Waals surface area contributed by atoms with Gasteiger partial charge in [0.2, 0.25) is 5.91 Å². The van der Waals surface area contributed by atoms with Crippen LogP contribution >= 0.6 is 0 Å². The lowest BCUT2D eigenvalue weighted by molar-refractivity contribution is -0.141. The van der Waals surface area contributed by atoms with Gasteiger partial charge in [0.1, 0.15) is 18.4 Å². The number of anilines is 2. The molecule has 1 atom stereocenters. The lowest BCUT2D eigenvalue weighted by Crippen LogP contribution is -2.41. The van der Waals surface area contributed by atoms with Gasteiger partial charge in [-0.25, -0.2) is 4.79 Å². The van der Waals surface area contributed by atoms with Crippen molar-refractivity contribution in [3.63, 3.8) is 0 Å². The first kappa shape index (κ1) is 30.5. The molecule has 1 N–H and O–H groups in total. The summed E-state index contributed by atoms with van der Waals surface area (Å²) in [7, 11) is 1.35. The SMILES string of the molecule is COC(=O)C(Cc1ccc(OCCN(C(=O)C2CCC2)c2ccccc2C)cc1)Nc1ccccc1C(=O)c1ccccc1. The molecule has 226 valence electrons. The van der Waals surface area contributed by atoms with E-state index in [4.69, 9.17) is 9.47 Å². The van der Waals surface area contributed by atoms with Crippen LogP contribution in [0.25, 0.3) is 0 Å². The van der Waals surface area contributed by atoms with Crippen molar-refractivity contribution in [2.24, 2.45) is 5.92 Å². The van der Waals surface area contributed by atoms with Gasteiger partial charge in [0.15, 0.2) is 5.78 Å². The molecule has 0 aromatic heterocycles. The van der Waals surface area contributed by atoms with Crippen molar-refractivity contribution in [2.45, 2.75) is 38.6 Å². The third-order valence-electron chi connectivity index (χ3n) is 8.10. The van der Waals surface area contributed by atoms with Crippen LogP contribution in [0.2, 0.25) is 0 Å². The number of hydrogen-bond acceptors (Lipinski definition) is 6. The van der Waals surface area contributed by atoms with Gasteiger partial charge < -0.3 is 19.7 Å². The van der Waals surface area contributed by atoms with Gasteiger partial charge in [0.05, 0.1) is 13.7 Å². The number of methoxy groups -OCH3 is 1. The van der Waals surface area contributed by atoms with E-state index in [-0.39, 0.29) is 17.6 Å². The summed E-state index contributed by atoms with van der Waals surface area (Å²) in [6, 6.07) is 31.0. The number of hydrogen-bond donors (Lipinski definition) is 1. The zero-order valence-corrected chi connectivity index (χ0v) is 25.2. The van der Waals surface area contributed by atoms with Crippen LogP contribution in [0, 0.1) is 12.8 Å². The van der Waals surface area contributed by atoms with Crippen LogP contribution in [-0.4, -0.2) is 44.0 Å². The average molecular weight is 591 g/mol. The highest BCUT2D eigenvalue weighted by Crippen LogP contribution is 2.31. The highest BCUT2D eigenvalue weighted by Gasteiger charge is 2.30. The molecule has 0 heterocycles. The lowest BCUT2D eigenvalue weighted by atomic mass is 9.84. The molecule has 1 aliphatic rings. The Morgan fingerprint density at radius 3 is 2.23 bits per heavy atom. The molecule has 1 fully saturated rings. The highest BCUT2D eigenvalue weighted by molar-refractivity contribution is 6.12. The van der Waals surface area contributed by atoms with Crippen LogP contribution < -0.4 is 15.0 Å². The van der Waals surface area contributed by atoms with E-state index in [0.29, 0.717) is 42.1 Å². The number of benzene rings is 4. The predicted octanol–water partition coefficient (Wildman–Crippen LogP) is 6.63. The summed E-state index contributed by atoms with van der Waals surface area (Å²) >= 11 is 0. The lowest BCUT2D eigenvalue weighted by Gasteiger charge is -2.32. The van der Waals surface area contributed by atoms with E-state index in [0.717, 1.165) is 36.1 Å². The Bertz CT molecular complexity index is 1580. The van der Waals surface area contributed by atoms with E-state index >= 15 is 0 Å². The summed E-state index contributed by atoms with van der Waals surface area (Å²) in [4.78, 5) is 41.1. The second-order valence-corrected chi connectivity index (χ2v) is 11.1.